The molecule has 0 saturated carbocycles. The van der Waals surface area contributed by atoms with Crippen molar-refractivity contribution in [2.24, 2.45) is 11.8 Å². The van der Waals surface area contributed by atoms with E-state index in [1.54, 1.807) is 0 Å². The van der Waals surface area contributed by atoms with Gasteiger partial charge in [0.2, 0.25) is 0 Å². The van der Waals surface area contributed by atoms with E-state index in [9.17, 15) is 0 Å². The van der Waals surface area contributed by atoms with E-state index in [0.29, 0.717) is 6.04 Å². The van der Waals surface area contributed by atoms with Gasteiger partial charge in [0, 0.05) is 6.04 Å². The van der Waals surface area contributed by atoms with Gasteiger partial charge in [0.15, 0.2) is 0 Å². The fourth-order valence-corrected chi connectivity index (χ4v) is 1.98. The van der Waals surface area contributed by atoms with Gasteiger partial charge < -0.3 is 10.2 Å². The summed E-state index contributed by atoms with van der Waals surface area (Å²) in [6.45, 7) is 15.4. The smallest absolute Gasteiger partial charge is 0.00362 e. The summed E-state index contributed by atoms with van der Waals surface area (Å²) >= 11 is 0. The fraction of sp³-hybridized carbons (Fsp3) is 1.00. The summed E-state index contributed by atoms with van der Waals surface area (Å²) in [5, 5.41) is 3.32. The van der Waals surface area contributed by atoms with E-state index in [4.69, 9.17) is 0 Å². The topological polar surface area (TPSA) is 15.3 Å². The number of nitrogens with one attached hydrogen (secondary N) is 1. The molecule has 0 fully saturated rings. The van der Waals surface area contributed by atoms with Crippen molar-refractivity contribution in [2.75, 3.05) is 26.7 Å². The van der Waals surface area contributed by atoms with Crippen LogP contribution in [0.1, 0.15) is 60.3 Å². The van der Waals surface area contributed by atoms with Crippen LogP contribution in [0.4, 0.5) is 0 Å². The van der Waals surface area contributed by atoms with E-state index in [2.05, 4.69) is 51.9 Å². The summed E-state index contributed by atoms with van der Waals surface area (Å²) in [6.07, 6.45) is 5.27. The van der Waals surface area contributed by atoms with Crippen LogP contribution in [0, 0.1) is 11.8 Å². The van der Waals surface area contributed by atoms with Crippen molar-refractivity contribution in [1.82, 2.24) is 10.2 Å². The predicted molar refractivity (Wildman–Crippen MR) is 83.1 cm³/mol. The van der Waals surface area contributed by atoms with Crippen LogP contribution in [-0.4, -0.2) is 37.6 Å². The lowest BCUT2D eigenvalue weighted by Crippen LogP contribution is -2.30. The predicted octanol–water partition coefficient (Wildman–Crippen LogP) is 3.77. The molecular formula is C16H36N2. The third-order valence-electron chi connectivity index (χ3n) is 3.65. The third kappa shape index (κ3) is 11.0. The van der Waals surface area contributed by atoms with Gasteiger partial charge in [-0.05, 0) is 71.1 Å². The molecule has 0 aliphatic rings. The molecule has 1 N–H and O–H groups in total. The summed E-state index contributed by atoms with van der Waals surface area (Å²) in [6, 6.07) is 0.655. The highest BCUT2D eigenvalue weighted by Gasteiger charge is 2.08. The summed E-state index contributed by atoms with van der Waals surface area (Å²) in [7, 11) is 2.06. The molecule has 0 aromatic carbocycles. The molecule has 0 heterocycles. The van der Waals surface area contributed by atoms with Gasteiger partial charge in [-0.15, -0.1) is 0 Å². The minimum atomic E-state index is 0.655. The molecule has 1 atom stereocenters. The van der Waals surface area contributed by atoms with Crippen LogP contribution in [0.5, 0.6) is 0 Å². The second-order valence-electron chi connectivity index (χ2n) is 6.54. The van der Waals surface area contributed by atoms with E-state index in [1.165, 1.54) is 45.3 Å². The van der Waals surface area contributed by atoms with Crippen LogP contribution < -0.4 is 5.32 Å². The largest absolute Gasteiger partial charge is 0.317 e. The Balaban J connectivity index is 3.88. The maximum Gasteiger partial charge on any atom is 0.00362 e. The Kier molecular flexibility index (Phi) is 10.8. The molecule has 0 rings (SSSR count). The quantitative estimate of drug-likeness (QED) is 0.605. The maximum absolute atomic E-state index is 3.32. The Bertz CT molecular complexity index is 166. The van der Waals surface area contributed by atoms with Gasteiger partial charge in [-0.25, -0.2) is 0 Å². The van der Waals surface area contributed by atoms with E-state index in [-0.39, 0.29) is 0 Å². The molecular weight excluding hydrogens is 220 g/mol. The number of nitrogens with zero attached hydrogens (tertiary/aromatic N) is 1. The molecule has 0 bridgehead atoms. The van der Waals surface area contributed by atoms with Gasteiger partial charge in [-0.2, -0.15) is 0 Å². The number of rotatable bonds is 11. The minimum absolute atomic E-state index is 0.655. The lowest BCUT2D eigenvalue weighted by atomic mass is 10.1. The molecule has 0 amide bonds. The molecule has 0 aromatic rings. The molecule has 2 nitrogen and oxygen atoms in total. The van der Waals surface area contributed by atoms with Crippen LogP contribution in [0.2, 0.25) is 0 Å². The van der Waals surface area contributed by atoms with Crippen LogP contribution >= 0.6 is 0 Å². The normalized spacial score (nSPS) is 13.8. The van der Waals surface area contributed by atoms with Crippen molar-refractivity contribution in [3.8, 4) is 0 Å². The Morgan fingerprint density at radius 2 is 1.28 bits per heavy atom. The van der Waals surface area contributed by atoms with Gasteiger partial charge >= 0.3 is 0 Å². The van der Waals surface area contributed by atoms with Crippen molar-refractivity contribution in [3.05, 3.63) is 0 Å². The standard InChI is InChI=1S/C16H36N2/c1-14(2)9-12-18(13-10-15(3)4)11-7-8-16(5)17-6/h14-17H,7-13H2,1-6H3. The van der Waals surface area contributed by atoms with Crippen molar-refractivity contribution in [2.45, 2.75) is 66.3 Å². The highest BCUT2D eigenvalue weighted by Crippen LogP contribution is 2.08. The van der Waals surface area contributed by atoms with Crippen molar-refractivity contribution >= 4 is 0 Å². The molecule has 0 aliphatic carbocycles. The minimum Gasteiger partial charge on any atom is -0.317 e. The summed E-state index contributed by atoms with van der Waals surface area (Å²) in [5.74, 6) is 1.64. The van der Waals surface area contributed by atoms with Crippen LogP contribution in [0.25, 0.3) is 0 Å². The SMILES string of the molecule is CNC(C)CCCN(CCC(C)C)CCC(C)C. The monoisotopic (exact) mass is 256 g/mol. The zero-order chi connectivity index (χ0) is 14.0. The number of hydrogen-bond donors (Lipinski definition) is 1. The first-order valence-corrected chi connectivity index (χ1v) is 7.85. The van der Waals surface area contributed by atoms with E-state index in [0.717, 1.165) is 11.8 Å². The van der Waals surface area contributed by atoms with E-state index >= 15 is 0 Å². The van der Waals surface area contributed by atoms with Crippen molar-refractivity contribution < 1.29 is 0 Å². The van der Waals surface area contributed by atoms with Crippen LogP contribution in [0.3, 0.4) is 0 Å². The molecule has 0 spiro atoms. The summed E-state index contributed by atoms with van der Waals surface area (Å²) in [4.78, 5) is 2.67. The van der Waals surface area contributed by atoms with E-state index < -0.39 is 0 Å². The zero-order valence-corrected chi connectivity index (χ0v) is 13.6. The fourth-order valence-electron chi connectivity index (χ4n) is 1.98. The highest BCUT2D eigenvalue weighted by molar-refractivity contribution is 4.64. The lowest BCUT2D eigenvalue weighted by molar-refractivity contribution is 0.236. The Labute approximate surface area is 116 Å². The first kappa shape index (κ1) is 17.9. The third-order valence-corrected chi connectivity index (χ3v) is 3.65. The van der Waals surface area contributed by atoms with Crippen molar-refractivity contribution in [1.29, 1.82) is 0 Å². The Morgan fingerprint density at radius 3 is 1.67 bits per heavy atom. The van der Waals surface area contributed by atoms with Gasteiger partial charge in [0.25, 0.3) is 0 Å². The Hall–Kier alpha value is -0.0800. The summed E-state index contributed by atoms with van der Waals surface area (Å²) < 4.78 is 0. The van der Waals surface area contributed by atoms with Crippen LogP contribution in [-0.2, 0) is 0 Å². The van der Waals surface area contributed by atoms with E-state index in [1.807, 2.05) is 0 Å². The first-order valence-electron chi connectivity index (χ1n) is 7.85. The molecule has 0 radical (unpaired) electrons. The number of hydrogen-bond acceptors (Lipinski definition) is 2. The average molecular weight is 256 g/mol. The molecule has 0 saturated heterocycles. The second-order valence-corrected chi connectivity index (χ2v) is 6.54. The Morgan fingerprint density at radius 1 is 0.778 bits per heavy atom. The van der Waals surface area contributed by atoms with Gasteiger partial charge in [0.05, 0.1) is 0 Å². The first-order chi connectivity index (χ1) is 8.45. The molecule has 1 unspecified atom stereocenters. The molecule has 0 aromatic heterocycles. The van der Waals surface area contributed by atoms with Crippen molar-refractivity contribution in [3.63, 3.8) is 0 Å². The second kappa shape index (κ2) is 10.8. The van der Waals surface area contributed by atoms with Gasteiger partial charge in [0.1, 0.15) is 0 Å². The maximum atomic E-state index is 3.32. The molecule has 110 valence electrons. The lowest BCUT2D eigenvalue weighted by Gasteiger charge is -2.24. The van der Waals surface area contributed by atoms with Crippen LogP contribution in [0.15, 0.2) is 0 Å². The molecule has 0 aliphatic heterocycles. The molecule has 18 heavy (non-hydrogen) atoms. The average Bonchev–Trinajstić information content (AvgIpc) is 2.31. The highest BCUT2D eigenvalue weighted by atomic mass is 15.1. The zero-order valence-electron chi connectivity index (χ0n) is 13.6. The molecule has 2 heteroatoms. The van der Waals surface area contributed by atoms with Gasteiger partial charge in [-0.1, -0.05) is 27.7 Å². The van der Waals surface area contributed by atoms with Gasteiger partial charge in [-0.3, -0.25) is 0 Å². The summed E-state index contributed by atoms with van der Waals surface area (Å²) in [5.41, 5.74) is 0.